The van der Waals surface area contributed by atoms with Gasteiger partial charge in [0.05, 0.1) is 13.0 Å². The van der Waals surface area contributed by atoms with E-state index in [9.17, 15) is 39.7 Å². The Morgan fingerprint density at radius 3 is 1.54 bits per heavy atom. The van der Waals surface area contributed by atoms with E-state index >= 15 is 0 Å². The highest BCUT2D eigenvalue weighted by Gasteiger charge is 2.44. The second-order valence-corrected chi connectivity index (χ2v) is 6.97. The molecule has 0 aliphatic carbocycles. The van der Waals surface area contributed by atoms with Gasteiger partial charge in [0, 0.05) is 27.9 Å². The lowest BCUT2D eigenvalue weighted by Gasteiger charge is -2.20. The van der Waals surface area contributed by atoms with E-state index in [1.807, 2.05) is 0 Å². The number of carbonyl (C=O) groups excluding carboxylic acids is 1. The predicted octanol–water partition coefficient (Wildman–Crippen LogP) is -0.316. The Kier molecular flexibility index (Phi) is 17.9. The van der Waals surface area contributed by atoms with Crippen LogP contribution in [0.25, 0.3) is 0 Å². The van der Waals surface area contributed by atoms with Crippen molar-refractivity contribution in [1.29, 1.82) is 0 Å². The maximum atomic E-state index is 11.7. The molecule has 0 radical (unpaired) electrons. The van der Waals surface area contributed by atoms with Gasteiger partial charge in [0.15, 0.2) is 6.61 Å². The molecule has 0 aromatic heterocycles. The molecule has 0 saturated carbocycles. The summed E-state index contributed by atoms with van der Waals surface area (Å²) in [6.45, 7) is 6.09. The number of hydrogen-bond acceptors (Lipinski definition) is 12. The summed E-state index contributed by atoms with van der Waals surface area (Å²) in [5.41, 5.74) is -2.68. The van der Waals surface area contributed by atoms with Crippen LogP contribution in [0, 0.1) is 20.2 Å². The average Bonchev–Trinajstić information content (AvgIpc) is 2.75. The Bertz CT molecular complexity index is 781. The quantitative estimate of drug-likeness (QED) is 0.0646. The number of aliphatic hydroxyl groups excluding tert-OH is 4. The number of carboxylic acid groups (broad SMARTS) is 2. The fraction of sp³-hybridized carbons (Fsp3) is 0.526. The molecule has 0 amide bonds. The van der Waals surface area contributed by atoms with Crippen molar-refractivity contribution in [2.24, 2.45) is 0 Å². The number of carbonyl (C=O) groups is 3. The van der Waals surface area contributed by atoms with Crippen LogP contribution in [0.1, 0.15) is 27.2 Å². The zero-order valence-corrected chi connectivity index (χ0v) is 19.4. The van der Waals surface area contributed by atoms with Crippen molar-refractivity contribution < 1.29 is 59.6 Å². The summed E-state index contributed by atoms with van der Waals surface area (Å²) in [4.78, 5) is 50.5. The molecule has 200 valence electrons. The zero-order chi connectivity index (χ0) is 28.5. The first-order valence-corrected chi connectivity index (χ1v) is 9.40. The number of aliphatic hydroxyl groups is 4. The van der Waals surface area contributed by atoms with Crippen LogP contribution >= 0.6 is 0 Å². The molecule has 0 bridgehead atoms. The van der Waals surface area contributed by atoms with Crippen LogP contribution in [0.2, 0.25) is 0 Å². The molecule has 0 rings (SSSR count). The number of rotatable bonds is 12. The second-order valence-electron chi connectivity index (χ2n) is 6.97. The molecular weight excluding hydrogens is 480 g/mol. The van der Waals surface area contributed by atoms with Crippen molar-refractivity contribution in [2.45, 2.75) is 38.8 Å². The summed E-state index contributed by atoms with van der Waals surface area (Å²) in [5.74, 6) is -4.01. The third-order valence-electron chi connectivity index (χ3n) is 3.78. The second kappa shape index (κ2) is 17.6. The lowest BCUT2D eigenvalue weighted by atomic mass is 10.1. The first-order chi connectivity index (χ1) is 15.9. The Labute approximate surface area is 199 Å². The SMILES string of the molecule is C=C(C)C(=O)O.C=C(C)C(=O)O.CC(CC(O)=C(CO)C(=O)OCC(CO)(CO)[N+](=O)[O-])[N+](=O)[O-]. The van der Waals surface area contributed by atoms with E-state index in [0.717, 1.165) is 6.92 Å². The maximum absolute atomic E-state index is 11.7. The normalized spacial score (nSPS) is 11.7. The first kappa shape index (κ1) is 35.7. The van der Waals surface area contributed by atoms with Gasteiger partial charge in [-0.1, -0.05) is 13.2 Å². The number of nitro groups is 2. The van der Waals surface area contributed by atoms with Gasteiger partial charge in [0.25, 0.3) is 5.54 Å². The van der Waals surface area contributed by atoms with Crippen LogP contribution in [0.5, 0.6) is 0 Å². The van der Waals surface area contributed by atoms with E-state index in [0.29, 0.717) is 0 Å². The van der Waals surface area contributed by atoms with Crippen LogP contribution in [0.3, 0.4) is 0 Å². The molecule has 0 fully saturated rings. The molecule has 0 saturated heterocycles. The Balaban J connectivity index is -0.000000697. The highest BCUT2D eigenvalue weighted by Crippen LogP contribution is 2.14. The molecule has 0 heterocycles. The number of hydrogen-bond donors (Lipinski definition) is 6. The molecule has 0 aromatic carbocycles. The Morgan fingerprint density at radius 1 is 0.943 bits per heavy atom. The Hall–Kier alpha value is -3.89. The van der Waals surface area contributed by atoms with Gasteiger partial charge in [-0.3, -0.25) is 20.2 Å². The first-order valence-electron chi connectivity index (χ1n) is 9.40. The largest absolute Gasteiger partial charge is 0.511 e. The highest BCUT2D eigenvalue weighted by molar-refractivity contribution is 5.89. The van der Waals surface area contributed by atoms with Gasteiger partial charge in [-0.15, -0.1) is 0 Å². The summed E-state index contributed by atoms with van der Waals surface area (Å²) >= 11 is 0. The molecular formula is C19H30N2O14. The summed E-state index contributed by atoms with van der Waals surface area (Å²) in [6, 6.07) is -1.24. The van der Waals surface area contributed by atoms with Gasteiger partial charge in [0.2, 0.25) is 6.04 Å². The van der Waals surface area contributed by atoms with Gasteiger partial charge < -0.3 is 35.4 Å². The topological polar surface area (TPSA) is 268 Å². The van der Waals surface area contributed by atoms with E-state index in [1.165, 1.54) is 13.8 Å². The monoisotopic (exact) mass is 510 g/mol. The summed E-state index contributed by atoms with van der Waals surface area (Å²) < 4.78 is 4.52. The minimum absolute atomic E-state index is 0.176. The predicted molar refractivity (Wildman–Crippen MR) is 118 cm³/mol. The van der Waals surface area contributed by atoms with E-state index in [-0.39, 0.29) is 11.1 Å². The van der Waals surface area contributed by atoms with Crippen molar-refractivity contribution in [1.82, 2.24) is 0 Å². The standard InChI is InChI=1S/C11H18N2O10.2C4H6O2/c1-7(12(19)20)2-9(17)8(3-14)10(18)23-6-11(4-15,5-16)13(21)22;2*1-3(2)4(5)6/h7,14-17H,2-6H2,1H3;2*1H2,2H3,(H,5,6). The van der Waals surface area contributed by atoms with Crippen molar-refractivity contribution in [2.75, 3.05) is 26.4 Å². The number of carboxylic acids is 2. The van der Waals surface area contributed by atoms with Crippen molar-refractivity contribution in [3.8, 4) is 0 Å². The van der Waals surface area contributed by atoms with Crippen molar-refractivity contribution in [3.05, 3.63) is 55.9 Å². The molecule has 6 N–H and O–H groups in total. The molecule has 16 heteroatoms. The van der Waals surface area contributed by atoms with Crippen LogP contribution in [-0.4, -0.2) is 96.4 Å². The smallest absolute Gasteiger partial charge is 0.340 e. The van der Waals surface area contributed by atoms with Gasteiger partial charge in [-0.05, 0) is 13.8 Å². The van der Waals surface area contributed by atoms with Gasteiger partial charge in [-0.25, -0.2) is 14.4 Å². The number of nitrogens with zero attached hydrogens (tertiary/aromatic N) is 2. The molecule has 35 heavy (non-hydrogen) atoms. The molecule has 0 spiro atoms. The average molecular weight is 510 g/mol. The fourth-order valence-electron chi connectivity index (χ4n) is 1.35. The third-order valence-corrected chi connectivity index (χ3v) is 3.78. The number of esters is 1. The molecule has 0 aliphatic heterocycles. The maximum Gasteiger partial charge on any atom is 0.340 e. The van der Waals surface area contributed by atoms with Gasteiger partial charge >= 0.3 is 17.9 Å². The van der Waals surface area contributed by atoms with Crippen LogP contribution < -0.4 is 0 Å². The zero-order valence-electron chi connectivity index (χ0n) is 19.4. The molecule has 0 aliphatic rings. The lowest BCUT2D eigenvalue weighted by Crippen LogP contribution is -2.50. The van der Waals surface area contributed by atoms with Gasteiger partial charge in [-0.2, -0.15) is 0 Å². The van der Waals surface area contributed by atoms with Gasteiger partial charge in [0.1, 0.15) is 24.5 Å². The summed E-state index contributed by atoms with van der Waals surface area (Å²) in [7, 11) is 0. The minimum atomic E-state index is -2.33. The van der Waals surface area contributed by atoms with Crippen LogP contribution in [0.15, 0.2) is 35.6 Å². The summed E-state index contributed by atoms with van der Waals surface area (Å²) in [6.07, 6.45) is -0.557. The van der Waals surface area contributed by atoms with Crippen molar-refractivity contribution in [3.63, 3.8) is 0 Å². The minimum Gasteiger partial charge on any atom is -0.511 e. The molecule has 1 atom stereocenters. The third kappa shape index (κ3) is 14.8. The summed E-state index contributed by atoms with van der Waals surface area (Å²) in [5, 5.41) is 73.7. The van der Waals surface area contributed by atoms with Crippen LogP contribution in [0.4, 0.5) is 0 Å². The Morgan fingerprint density at radius 2 is 1.31 bits per heavy atom. The molecule has 1 unspecified atom stereocenters. The lowest BCUT2D eigenvalue weighted by molar-refractivity contribution is -0.580. The van der Waals surface area contributed by atoms with E-state index < -0.39 is 83.5 Å². The molecule has 16 nitrogen and oxygen atoms in total. The number of aliphatic carboxylic acids is 2. The highest BCUT2D eigenvalue weighted by atomic mass is 16.6. The van der Waals surface area contributed by atoms with Crippen molar-refractivity contribution >= 4 is 17.9 Å². The van der Waals surface area contributed by atoms with E-state index in [1.54, 1.807) is 0 Å². The van der Waals surface area contributed by atoms with Crippen LogP contribution in [-0.2, 0) is 19.1 Å². The number of ether oxygens (including phenoxy) is 1. The fourth-order valence-corrected chi connectivity index (χ4v) is 1.35. The van der Waals surface area contributed by atoms with E-state index in [2.05, 4.69) is 17.9 Å². The van der Waals surface area contributed by atoms with E-state index in [4.69, 9.17) is 25.5 Å². The molecule has 0 aromatic rings.